The fraction of sp³-hybridized carbons (Fsp3) is 0.636. The molecule has 1 fully saturated rings. The molecule has 10 nitrogen and oxygen atoms in total. The molecule has 0 saturated carbocycles. The van der Waals surface area contributed by atoms with E-state index in [9.17, 15) is 14.5 Å². The zero-order chi connectivity index (χ0) is 32.3. The van der Waals surface area contributed by atoms with E-state index in [2.05, 4.69) is 24.1 Å². The van der Waals surface area contributed by atoms with Crippen molar-refractivity contribution in [3.63, 3.8) is 0 Å². The summed E-state index contributed by atoms with van der Waals surface area (Å²) in [6.07, 6.45) is 22.8. The highest BCUT2D eigenvalue weighted by Crippen LogP contribution is 2.50. The molecule has 1 aromatic carbocycles. The fourth-order valence-electron chi connectivity index (χ4n) is 5.17. The molecule has 1 aliphatic heterocycles. The van der Waals surface area contributed by atoms with Gasteiger partial charge in [-0.05, 0) is 69.2 Å². The van der Waals surface area contributed by atoms with Crippen molar-refractivity contribution in [1.29, 1.82) is 0 Å². The number of imidazole rings is 1. The summed E-state index contributed by atoms with van der Waals surface area (Å²) in [6.45, 7) is 2.44. The zero-order valence-corrected chi connectivity index (χ0v) is 28.3. The van der Waals surface area contributed by atoms with E-state index in [4.69, 9.17) is 35.6 Å². The molecule has 0 aliphatic carbocycles. The molecular formula is C33H51ClN3O7P. The number of rotatable bonds is 24. The van der Waals surface area contributed by atoms with E-state index in [0.717, 1.165) is 32.1 Å². The van der Waals surface area contributed by atoms with Crippen LogP contribution in [0.4, 0.5) is 0 Å². The number of carbonyl (C=O) groups is 1. The van der Waals surface area contributed by atoms with Crippen LogP contribution in [0.1, 0.15) is 126 Å². The Balaban J connectivity index is 1.34. The quantitative estimate of drug-likeness (QED) is 0.0642. The number of amides is 1. The van der Waals surface area contributed by atoms with E-state index in [1.807, 2.05) is 0 Å². The monoisotopic (exact) mass is 667 g/mol. The van der Waals surface area contributed by atoms with E-state index in [-0.39, 0.29) is 24.8 Å². The first-order chi connectivity index (χ1) is 21.8. The Hall–Kier alpha value is -2.36. The molecule has 2 heterocycles. The number of primary amides is 1. The van der Waals surface area contributed by atoms with Crippen LogP contribution in [-0.4, -0.2) is 39.9 Å². The van der Waals surface area contributed by atoms with Gasteiger partial charge in [0.1, 0.15) is 18.3 Å². The highest BCUT2D eigenvalue weighted by atomic mass is 35.5. The Labute approximate surface area is 273 Å². The van der Waals surface area contributed by atoms with Crippen LogP contribution in [0.15, 0.2) is 42.7 Å². The molecular weight excluding hydrogens is 617 g/mol. The second kappa shape index (κ2) is 20.7. The number of carbonyl (C=O) groups excluding carboxylic acids is 1. The van der Waals surface area contributed by atoms with Crippen molar-refractivity contribution in [3.05, 3.63) is 53.5 Å². The molecule has 2 aromatic rings. The molecule has 3 rings (SSSR count). The van der Waals surface area contributed by atoms with Gasteiger partial charge in [-0.1, -0.05) is 88.5 Å². The van der Waals surface area contributed by atoms with Crippen LogP contribution in [-0.2, 0) is 18.3 Å². The third kappa shape index (κ3) is 13.9. The van der Waals surface area contributed by atoms with Gasteiger partial charge in [0.05, 0.1) is 19.3 Å². The summed E-state index contributed by atoms with van der Waals surface area (Å²) in [4.78, 5) is 15.3. The summed E-state index contributed by atoms with van der Waals surface area (Å²) >= 11 is 5.98. The lowest BCUT2D eigenvalue weighted by molar-refractivity contribution is -0.0259. The number of hydrogen-bond donors (Lipinski definition) is 2. The van der Waals surface area contributed by atoms with Crippen molar-refractivity contribution in [2.75, 3.05) is 13.2 Å². The molecule has 0 spiro atoms. The molecule has 3 N–H and O–H groups in total. The van der Waals surface area contributed by atoms with Gasteiger partial charge < -0.3 is 20.1 Å². The lowest BCUT2D eigenvalue weighted by atomic mass is 10.1. The Morgan fingerprint density at radius 3 is 2.24 bits per heavy atom. The average Bonchev–Trinajstić information content (AvgIpc) is 3.65. The van der Waals surface area contributed by atoms with Crippen molar-refractivity contribution in [2.24, 2.45) is 5.73 Å². The van der Waals surface area contributed by atoms with E-state index < -0.39 is 26.1 Å². The second-order valence-corrected chi connectivity index (χ2v) is 13.6. The molecule has 1 amide bonds. The summed E-state index contributed by atoms with van der Waals surface area (Å²) < 4.78 is 38.0. The van der Waals surface area contributed by atoms with Gasteiger partial charge in [-0.3, -0.25) is 18.4 Å². The van der Waals surface area contributed by atoms with Crippen LogP contribution in [0.2, 0.25) is 5.02 Å². The van der Waals surface area contributed by atoms with Crippen molar-refractivity contribution < 1.29 is 32.8 Å². The molecule has 1 aliphatic rings. The van der Waals surface area contributed by atoms with Crippen LogP contribution in [0.5, 0.6) is 11.6 Å². The van der Waals surface area contributed by atoms with Crippen LogP contribution in [0.3, 0.4) is 0 Å². The first-order valence-corrected chi connectivity index (χ1v) is 18.4. The first kappa shape index (κ1) is 37.1. The van der Waals surface area contributed by atoms with Crippen LogP contribution < -0.4 is 10.3 Å². The third-order valence-electron chi connectivity index (χ3n) is 7.75. The molecule has 1 saturated heterocycles. The molecule has 3 atom stereocenters. The van der Waals surface area contributed by atoms with Crippen molar-refractivity contribution in [3.8, 4) is 11.6 Å². The molecule has 0 radical (unpaired) electrons. The largest absolute Gasteiger partial charge is 0.530 e. The van der Waals surface area contributed by atoms with Crippen molar-refractivity contribution in [1.82, 2.24) is 9.55 Å². The lowest BCUT2D eigenvalue weighted by Crippen LogP contribution is -2.17. The summed E-state index contributed by atoms with van der Waals surface area (Å²) in [5, 5.41) is 10.8. The number of ether oxygens (including phenoxy) is 1. The summed E-state index contributed by atoms with van der Waals surface area (Å²) in [7, 11) is -3.97. The number of halogens is 1. The van der Waals surface area contributed by atoms with Gasteiger partial charge in [-0.15, -0.1) is 0 Å². The molecule has 252 valence electrons. The predicted molar refractivity (Wildman–Crippen MR) is 177 cm³/mol. The lowest BCUT2D eigenvalue weighted by Gasteiger charge is -2.21. The minimum absolute atomic E-state index is 0.0487. The van der Waals surface area contributed by atoms with Crippen LogP contribution >= 0.6 is 19.4 Å². The van der Waals surface area contributed by atoms with Gasteiger partial charge in [0.2, 0.25) is 5.88 Å². The fourth-order valence-corrected chi connectivity index (χ4v) is 6.56. The topological polar surface area (TPSA) is 135 Å². The Morgan fingerprint density at radius 2 is 1.62 bits per heavy atom. The van der Waals surface area contributed by atoms with Gasteiger partial charge >= 0.3 is 7.82 Å². The third-order valence-corrected chi connectivity index (χ3v) is 9.40. The van der Waals surface area contributed by atoms with Crippen LogP contribution in [0, 0.1) is 0 Å². The number of phosphoric acid groups is 1. The number of phosphoric ester groups is 1. The normalized spacial score (nSPS) is 18.0. The van der Waals surface area contributed by atoms with Gasteiger partial charge in [0.25, 0.3) is 5.91 Å². The predicted octanol–water partition coefficient (Wildman–Crippen LogP) is 9.28. The highest BCUT2D eigenvalue weighted by Gasteiger charge is 2.34. The maximum absolute atomic E-state index is 13.6. The Morgan fingerprint density at radius 1 is 1.00 bits per heavy atom. The molecule has 12 heteroatoms. The number of allylic oxidation sites excluding steroid dienone is 2. The van der Waals surface area contributed by atoms with Crippen molar-refractivity contribution >= 4 is 25.3 Å². The van der Waals surface area contributed by atoms with E-state index in [0.29, 0.717) is 23.6 Å². The maximum Gasteiger partial charge on any atom is 0.530 e. The molecule has 1 aromatic heterocycles. The van der Waals surface area contributed by atoms with Gasteiger partial charge in [-0.25, -0.2) is 9.55 Å². The molecule has 1 unspecified atom stereocenters. The minimum atomic E-state index is -3.97. The SMILES string of the molecule is CCCCCCCC/C=C\CCCCCCCCOP(=O)(OC[C@@H]1CC[C@H](n2cnc(C(N)=O)c2O)O1)Oc1ccc(Cl)cc1. The molecule has 45 heavy (non-hydrogen) atoms. The molecule has 0 bridgehead atoms. The number of hydrogen-bond acceptors (Lipinski definition) is 8. The Kier molecular flexibility index (Phi) is 17.1. The minimum Gasteiger partial charge on any atom is -0.493 e. The van der Waals surface area contributed by atoms with Gasteiger partial charge in [0, 0.05) is 5.02 Å². The zero-order valence-electron chi connectivity index (χ0n) is 26.6. The van der Waals surface area contributed by atoms with E-state index >= 15 is 0 Å². The van der Waals surface area contributed by atoms with E-state index in [1.165, 1.54) is 68.7 Å². The summed E-state index contributed by atoms with van der Waals surface area (Å²) in [5.41, 5.74) is 5.01. The van der Waals surface area contributed by atoms with Gasteiger partial charge in [-0.2, -0.15) is 0 Å². The summed E-state index contributed by atoms with van der Waals surface area (Å²) in [6, 6.07) is 6.47. The first-order valence-electron chi connectivity index (χ1n) is 16.5. The van der Waals surface area contributed by atoms with Crippen LogP contribution in [0.25, 0.3) is 0 Å². The number of aromatic hydroxyl groups is 1. The number of unbranched alkanes of at least 4 members (excludes halogenated alkanes) is 12. The van der Waals surface area contributed by atoms with E-state index in [1.54, 1.807) is 24.3 Å². The number of nitrogens with zero attached hydrogens (tertiary/aromatic N) is 2. The van der Waals surface area contributed by atoms with Gasteiger partial charge in [0.15, 0.2) is 5.69 Å². The average molecular weight is 668 g/mol. The Bertz CT molecular complexity index is 1210. The number of benzene rings is 1. The highest BCUT2D eigenvalue weighted by molar-refractivity contribution is 7.48. The second-order valence-electron chi connectivity index (χ2n) is 11.5. The maximum atomic E-state index is 13.6. The van der Waals surface area contributed by atoms with Crippen molar-refractivity contribution in [2.45, 2.75) is 122 Å². The number of nitrogens with two attached hydrogens (primary N) is 1. The summed E-state index contributed by atoms with van der Waals surface area (Å²) in [5.74, 6) is -0.871. The smallest absolute Gasteiger partial charge is 0.493 e. The standard InChI is InChI=1S/C33H51ClN3O7P/c1-2-3-4-5-6-7-8-9-10-11-12-13-14-15-16-17-24-41-45(40,44-28-20-18-27(34)19-21-28)42-25-29-22-23-30(43-29)37-26-36-31(32(35)38)33(37)39/h9-10,18-21,26,29-30,39H,2-8,11-17,22-25H2,1H3,(H2,35,38)/b10-9-/t29-,30+,45?/m0/s1. The number of aromatic nitrogens is 2.